The molecule has 5 nitrogen and oxygen atoms in total. The van der Waals surface area contributed by atoms with Gasteiger partial charge in [0, 0.05) is 0 Å². The number of hydrogen-bond donors (Lipinski definition) is 2. The third-order valence-electron chi connectivity index (χ3n) is 5.92. The first-order valence-corrected chi connectivity index (χ1v) is 9.49. The second-order valence-electron chi connectivity index (χ2n) is 7.46. The average molecular weight is 377 g/mol. The van der Waals surface area contributed by atoms with Crippen LogP contribution in [0.4, 0.5) is 0 Å². The zero-order chi connectivity index (χ0) is 19.7. The maximum absolute atomic E-state index is 13.2. The predicted octanol–water partition coefficient (Wildman–Crippen LogP) is 3.42. The van der Waals surface area contributed by atoms with E-state index in [-0.39, 0.29) is 23.8 Å². The highest BCUT2D eigenvalue weighted by molar-refractivity contribution is 5.87. The molecule has 1 saturated carbocycles. The minimum atomic E-state index is -0.891. The molecule has 2 bridgehead atoms. The van der Waals surface area contributed by atoms with Gasteiger partial charge in [-0.25, -0.2) is 0 Å². The zero-order valence-corrected chi connectivity index (χ0v) is 15.6. The second-order valence-corrected chi connectivity index (χ2v) is 7.46. The number of aliphatic carboxylic acids is 1. The summed E-state index contributed by atoms with van der Waals surface area (Å²) in [6, 6.07) is 16.9. The smallest absolute Gasteiger partial charge is 0.307 e. The minimum Gasteiger partial charge on any atom is -0.497 e. The van der Waals surface area contributed by atoms with Crippen LogP contribution in [0.3, 0.4) is 0 Å². The average Bonchev–Trinajstić information content (AvgIpc) is 3.34. The SMILES string of the molecule is COc1ccc([C@@H](NC(=O)[C@H]2[C@@H](C(=O)O)[C@H]3C=C[C@H]2C3)c2ccccc2)cc1. The molecule has 0 saturated heterocycles. The Balaban J connectivity index is 1.63. The number of carboxylic acid groups (broad SMARTS) is 1. The van der Waals surface area contributed by atoms with Crippen LogP contribution in [0.1, 0.15) is 23.6 Å². The molecule has 1 fully saturated rings. The van der Waals surface area contributed by atoms with E-state index in [1.807, 2.05) is 66.7 Å². The van der Waals surface area contributed by atoms with Gasteiger partial charge in [-0.3, -0.25) is 9.59 Å². The summed E-state index contributed by atoms with van der Waals surface area (Å²) in [6.45, 7) is 0. The van der Waals surface area contributed by atoms with Crippen LogP contribution in [0.2, 0.25) is 0 Å². The van der Waals surface area contributed by atoms with Crippen LogP contribution in [0.5, 0.6) is 5.75 Å². The third kappa shape index (κ3) is 3.28. The van der Waals surface area contributed by atoms with E-state index >= 15 is 0 Å². The molecule has 0 unspecified atom stereocenters. The molecule has 2 aliphatic rings. The van der Waals surface area contributed by atoms with Gasteiger partial charge in [0.2, 0.25) is 5.91 Å². The molecule has 0 aromatic heterocycles. The van der Waals surface area contributed by atoms with Gasteiger partial charge >= 0.3 is 5.97 Å². The van der Waals surface area contributed by atoms with E-state index in [1.165, 1.54) is 0 Å². The number of rotatable bonds is 6. The molecule has 2 N–H and O–H groups in total. The van der Waals surface area contributed by atoms with Crippen LogP contribution in [0, 0.1) is 23.7 Å². The monoisotopic (exact) mass is 377 g/mol. The highest BCUT2D eigenvalue weighted by atomic mass is 16.5. The first kappa shape index (κ1) is 18.3. The van der Waals surface area contributed by atoms with Crippen LogP contribution < -0.4 is 10.1 Å². The van der Waals surface area contributed by atoms with Crippen molar-refractivity contribution >= 4 is 11.9 Å². The summed E-state index contributed by atoms with van der Waals surface area (Å²) in [4.78, 5) is 25.0. The van der Waals surface area contributed by atoms with Crippen LogP contribution in [0.25, 0.3) is 0 Å². The van der Waals surface area contributed by atoms with Gasteiger partial charge in [-0.1, -0.05) is 54.6 Å². The van der Waals surface area contributed by atoms with Crippen molar-refractivity contribution in [2.45, 2.75) is 12.5 Å². The Bertz CT molecular complexity index is 891. The van der Waals surface area contributed by atoms with Crippen LogP contribution in [-0.2, 0) is 9.59 Å². The van der Waals surface area contributed by atoms with Crippen molar-refractivity contribution in [3.8, 4) is 5.75 Å². The Kier molecular flexibility index (Phi) is 4.90. The Morgan fingerprint density at radius 2 is 1.57 bits per heavy atom. The largest absolute Gasteiger partial charge is 0.497 e. The van der Waals surface area contributed by atoms with Gasteiger partial charge in [0.15, 0.2) is 0 Å². The minimum absolute atomic E-state index is 0.00149. The molecule has 4 rings (SSSR count). The lowest BCUT2D eigenvalue weighted by Crippen LogP contribution is -2.41. The number of carboxylic acids is 1. The number of benzene rings is 2. The second kappa shape index (κ2) is 7.50. The molecule has 0 spiro atoms. The van der Waals surface area contributed by atoms with Crippen molar-refractivity contribution in [3.05, 3.63) is 77.9 Å². The van der Waals surface area contributed by atoms with Crippen LogP contribution in [0.15, 0.2) is 66.7 Å². The molecule has 28 heavy (non-hydrogen) atoms. The van der Waals surface area contributed by atoms with E-state index in [9.17, 15) is 14.7 Å². The Hall–Kier alpha value is -3.08. The summed E-state index contributed by atoms with van der Waals surface area (Å²) < 4.78 is 5.23. The van der Waals surface area contributed by atoms with Crippen molar-refractivity contribution in [2.24, 2.45) is 23.7 Å². The molecular formula is C23H23NO4. The maximum atomic E-state index is 13.2. The van der Waals surface area contributed by atoms with Gasteiger partial charge in [-0.05, 0) is 41.5 Å². The topological polar surface area (TPSA) is 75.6 Å². The van der Waals surface area contributed by atoms with Crippen LogP contribution in [-0.4, -0.2) is 24.1 Å². The van der Waals surface area contributed by atoms with Gasteiger partial charge in [-0.15, -0.1) is 0 Å². The number of nitrogens with one attached hydrogen (secondary N) is 1. The lowest BCUT2D eigenvalue weighted by molar-refractivity contribution is -0.147. The fourth-order valence-corrected chi connectivity index (χ4v) is 4.56. The van der Waals surface area contributed by atoms with E-state index in [0.29, 0.717) is 0 Å². The van der Waals surface area contributed by atoms with Gasteiger partial charge in [-0.2, -0.15) is 0 Å². The van der Waals surface area contributed by atoms with E-state index in [4.69, 9.17) is 4.74 Å². The molecule has 0 radical (unpaired) electrons. The summed E-state index contributed by atoms with van der Waals surface area (Å²) >= 11 is 0. The molecule has 0 heterocycles. The van der Waals surface area contributed by atoms with E-state index in [2.05, 4.69) is 5.32 Å². The number of hydrogen-bond acceptors (Lipinski definition) is 3. The number of amides is 1. The standard InChI is InChI=1S/C23H23NO4/c1-28-18-11-9-15(10-12-18)21(14-5-3-2-4-6-14)24-22(25)19-16-7-8-17(13-16)20(19)23(26)27/h2-12,16-17,19-21H,13H2,1H3,(H,24,25)(H,26,27)/t16-,17-,19+,20-,21-/m0/s1. The molecule has 2 aromatic rings. The fraction of sp³-hybridized carbons (Fsp3) is 0.304. The Morgan fingerprint density at radius 1 is 0.964 bits per heavy atom. The van der Waals surface area contributed by atoms with E-state index in [1.54, 1.807) is 7.11 Å². The number of carbonyl (C=O) groups is 2. The first-order chi connectivity index (χ1) is 13.6. The summed E-state index contributed by atoms with van der Waals surface area (Å²) in [5.74, 6) is -1.58. The molecule has 2 aliphatic carbocycles. The third-order valence-corrected chi connectivity index (χ3v) is 5.92. The van der Waals surface area contributed by atoms with Gasteiger partial charge in [0.05, 0.1) is 25.0 Å². The predicted molar refractivity (Wildman–Crippen MR) is 105 cm³/mol. The van der Waals surface area contributed by atoms with Crippen LogP contribution >= 0.6 is 0 Å². The lowest BCUT2D eigenvalue weighted by Gasteiger charge is -2.27. The Morgan fingerprint density at radius 3 is 2.18 bits per heavy atom. The molecule has 5 atom stereocenters. The number of carbonyl (C=O) groups excluding carboxylic acids is 1. The van der Waals surface area contributed by atoms with Crippen molar-refractivity contribution in [1.29, 1.82) is 0 Å². The molecular weight excluding hydrogens is 354 g/mol. The number of methoxy groups -OCH3 is 1. The molecule has 144 valence electrons. The van der Waals surface area contributed by atoms with E-state index < -0.39 is 17.8 Å². The summed E-state index contributed by atoms with van der Waals surface area (Å²) in [7, 11) is 1.61. The van der Waals surface area contributed by atoms with E-state index in [0.717, 1.165) is 23.3 Å². The van der Waals surface area contributed by atoms with Crippen molar-refractivity contribution in [1.82, 2.24) is 5.32 Å². The van der Waals surface area contributed by atoms with Crippen molar-refractivity contribution in [2.75, 3.05) is 7.11 Å². The molecule has 5 heteroatoms. The summed E-state index contributed by atoms with van der Waals surface area (Å²) in [5, 5.41) is 12.8. The maximum Gasteiger partial charge on any atom is 0.307 e. The quantitative estimate of drug-likeness (QED) is 0.757. The highest BCUT2D eigenvalue weighted by Gasteiger charge is 2.51. The summed E-state index contributed by atoms with van der Waals surface area (Å²) in [6.07, 6.45) is 4.69. The Labute approximate surface area is 164 Å². The fourth-order valence-electron chi connectivity index (χ4n) is 4.56. The van der Waals surface area contributed by atoms with Gasteiger partial charge in [0.1, 0.15) is 5.75 Å². The number of ether oxygens (including phenoxy) is 1. The molecule has 0 aliphatic heterocycles. The first-order valence-electron chi connectivity index (χ1n) is 9.49. The lowest BCUT2D eigenvalue weighted by atomic mass is 9.82. The van der Waals surface area contributed by atoms with Crippen molar-refractivity contribution < 1.29 is 19.4 Å². The zero-order valence-electron chi connectivity index (χ0n) is 15.6. The highest BCUT2D eigenvalue weighted by Crippen LogP contribution is 2.48. The van der Waals surface area contributed by atoms with Gasteiger partial charge in [0.25, 0.3) is 0 Å². The number of fused-ring (bicyclic) bond motifs is 2. The molecule has 2 aromatic carbocycles. The summed E-state index contributed by atoms with van der Waals surface area (Å²) in [5.41, 5.74) is 1.87. The normalized spacial score (nSPS) is 26.0. The van der Waals surface area contributed by atoms with Gasteiger partial charge < -0.3 is 15.2 Å². The van der Waals surface area contributed by atoms with Crippen molar-refractivity contribution in [3.63, 3.8) is 0 Å². The number of allylic oxidation sites excluding steroid dienone is 2. The molecule has 1 amide bonds.